The Morgan fingerprint density at radius 3 is 2.41 bits per heavy atom. The summed E-state index contributed by atoms with van der Waals surface area (Å²) in [5.74, 6) is -0.475. The lowest BCUT2D eigenvalue weighted by atomic mass is 10.3. The molecule has 1 fully saturated rings. The smallest absolute Gasteiger partial charge is 0.321 e. The maximum absolute atomic E-state index is 11.4. The second kappa shape index (κ2) is 6.81. The first-order valence-electron chi connectivity index (χ1n) is 5.97. The number of nitrogens with zero attached hydrogens (tertiary/aromatic N) is 1. The molecule has 17 heavy (non-hydrogen) atoms. The van der Waals surface area contributed by atoms with E-state index in [-0.39, 0.29) is 6.04 Å². The van der Waals surface area contributed by atoms with Crippen LogP contribution in [0.3, 0.4) is 0 Å². The molecule has 2 atom stereocenters. The Hall–Kier alpha value is -0.810. The molecule has 0 aliphatic carbocycles. The molecule has 0 bridgehead atoms. The first-order chi connectivity index (χ1) is 7.99. The van der Waals surface area contributed by atoms with Gasteiger partial charge in [-0.2, -0.15) is 0 Å². The van der Waals surface area contributed by atoms with Gasteiger partial charge < -0.3 is 10.2 Å². The Labute approximate surface area is 107 Å². The van der Waals surface area contributed by atoms with Crippen molar-refractivity contribution in [3.05, 3.63) is 0 Å². The normalized spacial score (nSPS) is 19.7. The number of likely N-dealkylation sites (tertiary alicyclic amines) is 1. The van der Waals surface area contributed by atoms with Crippen LogP contribution >= 0.6 is 11.6 Å². The molecular weight excluding hydrogens is 242 g/mol. The molecule has 1 aliphatic heterocycles. The largest absolute Gasteiger partial charge is 0.334 e. The molecule has 98 valence electrons. The molecule has 3 amide bonds. The molecule has 1 heterocycles. The lowest BCUT2D eigenvalue weighted by molar-refractivity contribution is -0.119. The van der Waals surface area contributed by atoms with Gasteiger partial charge in [0.25, 0.3) is 0 Å². The zero-order valence-electron chi connectivity index (χ0n) is 10.3. The lowest BCUT2D eigenvalue weighted by Gasteiger charge is -2.21. The minimum atomic E-state index is -0.699. The summed E-state index contributed by atoms with van der Waals surface area (Å²) in [5.41, 5.74) is 0. The molecule has 5 nitrogen and oxygen atoms in total. The van der Waals surface area contributed by atoms with E-state index in [1.165, 1.54) is 19.8 Å². The van der Waals surface area contributed by atoms with Gasteiger partial charge in [-0.15, -0.1) is 11.6 Å². The van der Waals surface area contributed by atoms with Gasteiger partial charge in [-0.1, -0.05) is 0 Å². The molecular formula is C11H20ClN3O2. The number of carbonyl (C=O) groups is 2. The average Bonchev–Trinajstić information content (AvgIpc) is 2.69. The molecule has 6 heteroatoms. The predicted molar refractivity (Wildman–Crippen MR) is 67.1 cm³/mol. The molecule has 1 saturated heterocycles. The molecule has 0 aromatic heterocycles. The summed E-state index contributed by atoms with van der Waals surface area (Å²) in [6.45, 7) is 6.44. The van der Waals surface area contributed by atoms with E-state index >= 15 is 0 Å². The molecule has 0 radical (unpaired) electrons. The third-order valence-corrected chi connectivity index (χ3v) is 2.90. The second-order valence-electron chi connectivity index (χ2n) is 4.49. The van der Waals surface area contributed by atoms with E-state index < -0.39 is 17.3 Å². The fourth-order valence-corrected chi connectivity index (χ4v) is 1.92. The second-order valence-corrected chi connectivity index (χ2v) is 5.14. The lowest BCUT2D eigenvalue weighted by Crippen LogP contribution is -2.48. The summed E-state index contributed by atoms with van der Waals surface area (Å²) in [7, 11) is 0. The van der Waals surface area contributed by atoms with Crippen LogP contribution in [0.5, 0.6) is 0 Å². The number of alkyl halides is 1. The molecule has 0 spiro atoms. The van der Waals surface area contributed by atoms with Crippen molar-refractivity contribution >= 4 is 23.5 Å². The molecule has 0 aromatic carbocycles. The highest BCUT2D eigenvalue weighted by Gasteiger charge is 2.17. The van der Waals surface area contributed by atoms with E-state index in [1.54, 1.807) is 0 Å². The van der Waals surface area contributed by atoms with Crippen molar-refractivity contribution in [2.24, 2.45) is 0 Å². The number of amides is 3. The third kappa shape index (κ3) is 5.37. The van der Waals surface area contributed by atoms with Gasteiger partial charge in [-0.3, -0.25) is 10.1 Å². The van der Waals surface area contributed by atoms with Crippen LogP contribution in [0.25, 0.3) is 0 Å². The highest BCUT2D eigenvalue weighted by Crippen LogP contribution is 2.07. The van der Waals surface area contributed by atoms with Crippen LogP contribution in [0.2, 0.25) is 0 Å². The van der Waals surface area contributed by atoms with Crippen molar-refractivity contribution in [2.75, 3.05) is 19.6 Å². The van der Waals surface area contributed by atoms with E-state index in [0.29, 0.717) is 0 Å². The molecule has 1 aliphatic rings. The third-order valence-electron chi connectivity index (χ3n) is 2.71. The van der Waals surface area contributed by atoms with Gasteiger partial charge in [0.2, 0.25) is 5.91 Å². The summed E-state index contributed by atoms with van der Waals surface area (Å²) in [6.07, 6.45) is 2.45. The number of nitrogens with one attached hydrogen (secondary N) is 2. The maximum Gasteiger partial charge on any atom is 0.321 e. The average molecular weight is 262 g/mol. The van der Waals surface area contributed by atoms with Crippen molar-refractivity contribution in [1.29, 1.82) is 0 Å². The first-order valence-corrected chi connectivity index (χ1v) is 6.40. The fourth-order valence-electron chi connectivity index (χ4n) is 1.87. The van der Waals surface area contributed by atoms with Gasteiger partial charge in [-0.25, -0.2) is 4.79 Å². The minimum absolute atomic E-state index is 0.0199. The zero-order valence-corrected chi connectivity index (χ0v) is 11.1. The summed E-state index contributed by atoms with van der Waals surface area (Å²) in [5, 5.41) is 4.22. The molecule has 1 rings (SSSR count). The van der Waals surface area contributed by atoms with Crippen molar-refractivity contribution in [3.8, 4) is 0 Å². The Balaban J connectivity index is 2.22. The fraction of sp³-hybridized carbons (Fsp3) is 0.818. The minimum Gasteiger partial charge on any atom is -0.334 e. The van der Waals surface area contributed by atoms with Crippen molar-refractivity contribution in [3.63, 3.8) is 0 Å². The number of hydrogen-bond donors (Lipinski definition) is 2. The van der Waals surface area contributed by atoms with Crippen molar-refractivity contribution < 1.29 is 9.59 Å². The summed E-state index contributed by atoms with van der Waals surface area (Å²) < 4.78 is 0. The van der Waals surface area contributed by atoms with Gasteiger partial charge in [0.15, 0.2) is 0 Å². The van der Waals surface area contributed by atoms with Crippen LogP contribution in [0.15, 0.2) is 0 Å². The van der Waals surface area contributed by atoms with Gasteiger partial charge in [-0.05, 0) is 39.8 Å². The zero-order chi connectivity index (χ0) is 12.8. The van der Waals surface area contributed by atoms with Crippen molar-refractivity contribution in [2.45, 2.75) is 38.1 Å². The van der Waals surface area contributed by atoms with Gasteiger partial charge in [0, 0.05) is 12.6 Å². The summed E-state index contributed by atoms with van der Waals surface area (Å²) in [6, 6.07) is -0.458. The quantitative estimate of drug-likeness (QED) is 0.740. The van der Waals surface area contributed by atoms with Crippen LogP contribution in [0, 0.1) is 0 Å². The number of urea groups is 1. The molecule has 0 saturated carbocycles. The Morgan fingerprint density at radius 1 is 1.29 bits per heavy atom. The Bertz CT molecular complexity index is 278. The van der Waals surface area contributed by atoms with E-state index in [9.17, 15) is 9.59 Å². The maximum atomic E-state index is 11.4. The summed E-state index contributed by atoms with van der Waals surface area (Å²) in [4.78, 5) is 24.9. The number of hydrogen-bond acceptors (Lipinski definition) is 3. The number of rotatable bonds is 4. The molecule has 2 N–H and O–H groups in total. The first kappa shape index (κ1) is 14.3. The van der Waals surface area contributed by atoms with Crippen LogP contribution < -0.4 is 10.6 Å². The topological polar surface area (TPSA) is 61.4 Å². The van der Waals surface area contributed by atoms with Crippen molar-refractivity contribution in [1.82, 2.24) is 15.5 Å². The van der Waals surface area contributed by atoms with Gasteiger partial charge in [0.1, 0.15) is 5.38 Å². The molecule has 0 aromatic rings. The highest BCUT2D eigenvalue weighted by atomic mass is 35.5. The van der Waals surface area contributed by atoms with Crippen LogP contribution in [-0.4, -0.2) is 47.9 Å². The monoisotopic (exact) mass is 261 g/mol. The Morgan fingerprint density at radius 2 is 1.88 bits per heavy atom. The SMILES string of the molecule is CC(CN1CCCC1)NC(=O)NC(=O)C(C)Cl. The summed E-state index contributed by atoms with van der Waals surface area (Å²) >= 11 is 5.55. The molecule has 2 unspecified atom stereocenters. The van der Waals surface area contributed by atoms with E-state index in [1.807, 2.05) is 6.92 Å². The number of imide groups is 1. The van der Waals surface area contributed by atoms with Gasteiger partial charge >= 0.3 is 6.03 Å². The predicted octanol–water partition coefficient (Wildman–Crippen LogP) is 0.924. The van der Waals surface area contributed by atoms with E-state index in [0.717, 1.165) is 19.6 Å². The van der Waals surface area contributed by atoms with Crippen LogP contribution in [-0.2, 0) is 4.79 Å². The van der Waals surface area contributed by atoms with Crippen LogP contribution in [0.1, 0.15) is 26.7 Å². The van der Waals surface area contributed by atoms with Crippen LogP contribution in [0.4, 0.5) is 4.79 Å². The Kier molecular flexibility index (Phi) is 5.71. The van der Waals surface area contributed by atoms with E-state index in [4.69, 9.17) is 11.6 Å². The standard InChI is InChI=1S/C11H20ClN3O2/c1-8(7-15-5-3-4-6-15)13-11(17)14-10(16)9(2)12/h8-9H,3-7H2,1-2H3,(H2,13,14,16,17). The number of halogens is 1. The van der Waals surface area contributed by atoms with Gasteiger partial charge in [0.05, 0.1) is 0 Å². The van der Waals surface area contributed by atoms with E-state index in [2.05, 4.69) is 15.5 Å². The highest BCUT2D eigenvalue weighted by molar-refractivity contribution is 6.31. The number of carbonyl (C=O) groups excluding carboxylic acids is 2.